The summed E-state index contributed by atoms with van der Waals surface area (Å²) in [5.74, 6) is 0.631. The first-order valence-electron chi connectivity index (χ1n) is 9.18. The van der Waals surface area contributed by atoms with E-state index in [1.54, 1.807) is 0 Å². The minimum atomic E-state index is 0.175. The maximum Gasteiger partial charge on any atom is 0.0836 e. The molecule has 3 atom stereocenters. The molecule has 1 aliphatic heterocycles. The quantitative estimate of drug-likeness (QED) is 0.559. The zero-order valence-corrected chi connectivity index (χ0v) is 14.4. The van der Waals surface area contributed by atoms with Crippen LogP contribution in [0.25, 0.3) is 0 Å². The molecule has 126 valence electrons. The third-order valence-corrected chi connectivity index (χ3v) is 5.13. The summed E-state index contributed by atoms with van der Waals surface area (Å²) >= 11 is 0. The Morgan fingerprint density at radius 3 is 1.52 bits per heavy atom. The van der Waals surface area contributed by atoms with Crippen LogP contribution in [0.3, 0.4) is 0 Å². The van der Waals surface area contributed by atoms with Crippen molar-refractivity contribution >= 4 is 0 Å². The maximum atomic E-state index is 6.53. The van der Waals surface area contributed by atoms with Gasteiger partial charge in [-0.25, -0.2) is 0 Å². The Balaban J connectivity index is 1.58. The molecule has 0 saturated carbocycles. The van der Waals surface area contributed by atoms with E-state index in [2.05, 4.69) is 91.0 Å². The van der Waals surface area contributed by atoms with Crippen LogP contribution < -0.4 is 0 Å². The molecule has 1 aliphatic rings. The number of rotatable bonds is 4. The minimum Gasteiger partial charge on any atom is -0.366 e. The molecule has 1 nitrogen and oxygen atoms in total. The van der Waals surface area contributed by atoms with Crippen molar-refractivity contribution in [2.24, 2.45) is 5.92 Å². The predicted octanol–water partition coefficient (Wildman–Crippen LogP) is 6.14. The zero-order chi connectivity index (χ0) is 16.9. The van der Waals surface area contributed by atoms with Gasteiger partial charge >= 0.3 is 0 Å². The van der Waals surface area contributed by atoms with E-state index in [0.717, 1.165) is 19.3 Å². The standard InChI is InChI=1S/C24H24O/c1-4-10-19(11-5-1)16-20-17-23(21-12-6-2-7-13-21)25-24(18-20)22-14-8-3-9-15-22/h1-15,20,23-24H,16-18H2/t20?,23-,24+. The normalized spacial score (nSPS) is 23.3. The van der Waals surface area contributed by atoms with Crippen LogP contribution in [0.15, 0.2) is 91.0 Å². The minimum absolute atomic E-state index is 0.175. The Hall–Kier alpha value is -2.38. The molecule has 0 N–H and O–H groups in total. The number of ether oxygens (including phenoxy) is 1. The number of benzene rings is 3. The monoisotopic (exact) mass is 328 g/mol. The van der Waals surface area contributed by atoms with E-state index < -0.39 is 0 Å². The van der Waals surface area contributed by atoms with E-state index in [1.807, 2.05) is 0 Å². The number of hydrogen-bond acceptors (Lipinski definition) is 1. The summed E-state index contributed by atoms with van der Waals surface area (Å²) in [6.45, 7) is 0. The molecule has 1 heterocycles. The largest absolute Gasteiger partial charge is 0.366 e. The molecular weight excluding hydrogens is 304 g/mol. The van der Waals surface area contributed by atoms with Crippen LogP contribution >= 0.6 is 0 Å². The van der Waals surface area contributed by atoms with Crippen molar-refractivity contribution < 1.29 is 4.74 Å². The smallest absolute Gasteiger partial charge is 0.0836 e. The third-order valence-electron chi connectivity index (χ3n) is 5.13. The first kappa shape index (κ1) is 16.1. The van der Waals surface area contributed by atoms with Gasteiger partial charge < -0.3 is 4.74 Å². The molecule has 1 heteroatoms. The van der Waals surface area contributed by atoms with Crippen molar-refractivity contribution in [2.45, 2.75) is 31.5 Å². The van der Waals surface area contributed by atoms with Gasteiger partial charge in [-0.15, -0.1) is 0 Å². The molecule has 4 rings (SSSR count). The van der Waals surface area contributed by atoms with E-state index in [0.29, 0.717) is 5.92 Å². The lowest BCUT2D eigenvalue weighted by Gasteiger charge is -2.36. The first-order chi connectivity index (χ1) is 12.4. The predicted molar refractivity (Wildman–Crippen MR) is 102 cm³/mol. The first-order valence-corrected chi connectivity index (χ1v) is 9.18. The highest BCUT2D eigenvalue weighted by atomic mass is 16.5. The molecule has 0 spiro atoms. The van der Waals surface area contributed by atoms with Gasteiger partial charge in [0.1, 0.15) is 0 Å². The van der Waals surface area contributed by atoms with Crippen LogP contribution in [0, 0.1) is 5.92 Å². The molecule has 0 aliphatic carbocycles. The van der Waals surface area contributed by atoms with E-state index in [4.69, 9.17) is 4.74 Å². The summed E-state index contributed by atoms with van der Waals surface area (Å²) in [5.41, 5.74) is 4.01. The van der Waals surface area contributed by atoms with Gasteiger partial charge in [0.2, 0.25) is 0 Å². The fraction of sp³-hybridized carbons (Fsp3) is 0.250. The molecule has 3 aromatic rings. The molecule has 0 bridgehead atoms. The molecule has 3 aromatic carbocycles. The molecular formula is C24H24O. The lowest BCUT2D eigenvalue weighted by molar-refractivity contribution is -0.0753. The van der Waals surface area contributed by atoms with Crippen molar-refractivity contribution in [1.82, 2.24) is 0 Å². The van der Waals surface area contributed by atoms with Gasteiger partial charge in [0.15, 0.2) is 0 Å². The molecule has 1 saturated heterocycles. The lowest BCUT2D eigenvalue weighted by atomic mass is 9.83. The SMILES string of the molecule is c1ccc(CC2C[C@@H](c3ccccc3)O[C@@H](c3ccccc3)C2)cc1. The second-order valence-electron chi connectivity index (χ2n) is 6.96. The molecule has 1 fully saturated rings. The Kier molecular flexibility index (Phi) is 4.94. The van der Waals surface area contributed by atoms with E-state index in [-0.39, 0.29) is 12.2 Å². The zero-order valence-electron chi connectivity index (χ0n) is 14.4. The highest BCUT2D eigenvalue weighted by Crippen LogP contribution is 2.42. The summed E-state index contributed by atoms with van der Waals surface area (Å²) in [4.78, 5) is 0. The van der Waals surface area contributed by atoms with E-state index in [1.165, 1.54) is 16.7 Å². The highest BCUT2D eigenvalue weighted by molar-refractivity contribution is 5.23. The average Bonchev–Trinajstić information content (AvgIpc) is 2.70. The van der Waals surface area contributed by atoms with Crippen LogP contribution in [0.1, 0.15) is 41.7 Å². The van der Waals surface area contributed by atoms with Gasteiger partial charge in [-0.2, -0.15) is 0 Å². The molecule has 25 heavy (non-hydrogen) atoms. The van der Waals surface area contributed by atoms with Gasteiger partial charge in [-0.05, 0) is 41.9 Å². The van der Waals surface area contributed by atoms with E-state index >= 15 is 0 Å². The maximum absolute atomic E-state index is 6.53. The van der Waals surface area contributed by atoms with Crippen molar-refractivity contribution in [2.75, 3.05) is 0 Å². The van der Waals surface area contributed by atoms with Crippen molar-refractivity contribution in [3.05, 3.63) is 108 Å². The molecule has 0 aromatic heterocycles. The third kappa shape index (κ3) is 4.00. The summed E-state index contributed by atoms with van der Waals surface area (Å²) < 4.78 is 6.53. The van der Waals surface area contributed by atoms with Crippen molar-refractivity contribution in [1.29, 1.82) is 0 Å². The van der Waals surface area contributed by atoms with Gasteiger partial charge in [0, 0.05) is 0 Å². The second-order valence-corrected chi connectivity index (χ2v) is 6.96. The van der Waals surface area contributed by atoms with Crippen LogP contribution in [0.2, 0.25) is 0 Å². The summed E-state index contributed by atoms with van der Waals surface area (Å²) in [7, 11) is 0. The fourth-order valence-electron chi connectivity index (χ4n) is 3.89. The highest BCUT2D eigenvalue weighted by Gasteiger charge is 2.31. The molecule has 0 radical (unpaired) electrons. The van der Waals surface area contributed by atoms with Crippen LogP contribution in [-0.2, 0) is 11.2 Å². The van der Waals surface area contributed by atoms with Crippen molar-refractivity contribution in [3.63, 3.8) is 0 Å². The second kappa shape index (κ2) is 7.67. The summed E-state index contributed by atoms with van der Waals surface area (Å²) in [5, 5.41) is 0. The van der Waals surface area contributed by atoms with Gasteiger partial charge in [0.25, 0.3) is 0 Å². The number of hydrogen-bond donors (Lipinski definition) is 0. The van der Waals surface area contributed by atoms with Crippen molar-refractivity contribution in [3.8, 4) is 0 Å². The Bertz CT molecular complexity index is 719. The van der Waals surface area contributed by atoms with Crippen LogP contribution in [0.5, 0.6) is 0 Å². The summed E-state index contributed by atoms with van der Waals surface area (Å²) in [6, 6.07) is 32.2. The van der Waals surface area contributed by atoms with Crippen LogP contribution in [-0.4, -0.2) is 0 Å². The fourth-order valence-corrected chi connectivity index (χ4v) is 3.89. The molecule has 1 unspecified atom stereocenters. The lowest BCUT2D eigenvalue weighted by Crippen LogP contribution is -2.24. The Morgan fingerprint density at radius 2 is 1.04 bits per heavy atom. The Labute approximate surface area is 150 Å². The topological polar surface area (TPSA) is 9.23 Å². The van der Waals surface area contributed by atoms with E-state index in [9.17, 15) is 0 Å². The average molecular weight is 328 g/mol. The van der Waals surface area contributed by atoms with Gasteiger partial charge in [-0.1, -0.05) is 91.0 Å². The van der Waals surface area contributed by atoms with Crippen LogP contribution in [0.4, 0.5) is 0 Å². The summed E-state index contributed by atoms with van der Waals surface area (Å²) in [6.07, 6.45) is 3.64. The van der Waals surface area contributed by atoms with Gasteiger partial charge in [-0.3, -0.25) is 0 Å². The Morgan fingerprint density at radius 1 is 0.600 bits per heavy atom. The van der Waals surface area contributed by atoms with Gasteiger partial charge in [0.05, 0.1) is 12.2 Å². The molecule has 0 amide bonds.